The Morgan fingerprint density at radius 3 is 2.58 bits per heavy atom. The van der Waals surface area contributed by atoms with Crippen LogP contribution < -0.4 is 0 Å². The van der Waals surface area contributed by atoms with E-state index in [0.717, 1.165) is 13.0 Å². The van der Waals surface area contributed by atoms with E-state index in [1.54, 1.807) is 7.11 Å². The average molecular weight is 328 g/mol. The largest absolute Gasteiger partial charge is 0.374 e. The maximum Gasteiger partial charge on any atom is 0.0869 e. The van der Waals surface area contributed by atoms with Crippen molar-refractivity contribution in [3.05, 3.63) is 58.8 Å². The van der Waals surface area contributed by atoms with Gasteiger partial charge in [0.1, 0.15) is 0 Å². The van der Waals surface area contributed by atoms with E-state index in [-0.39, 0.29) is 5.60 Å². The van der Waals surface area contributed by atoms with Crippen LogP contribution >= 0.6 is 0 Å². The second-order valence-electron chi connectivity index (χ2n) is 7.38. The molecule has 0 fully saturated rings. The minimum absolute atomic E-state index is 0.164. The first-order valence-electron chi connectivity index (χ1n) is 9.16. The predicted octanol–water partition coefficient (Wildman–Crippen LogP) is 5.54. The number of allylic oxidation sites excluding steroid dienone is 1. The van der Waals surface area contributed by atoms with Crippen LogP contribution in [0.25, 0.3) is 0 Å². The molecule has 0 heterocycles. The Balaban J connectivity index is 2.24. The molecule has 24 heavy (non-hydrogen) atoms. The molecule has 0 bridgehead atoms. The molecule has 0 N–H and O–H groups in total. The van der Waals surface area contributed by atoms with Crippen LogP contribution in [0.2, 0.25) is 0 Å². The number of aryl methyl sites for hydroxylation is 2. The molecule has 0 radical (unpaired) electrons. The highest BCUT2D eigenvalue weighted by atomic mass is 16.5. The second kappa shape index (κ2) is 8.02. The van der Waals surface area contributed by atoms with Crippen LogP contribution in [-0.4, -0.2) is 23.7 Å². The standard InChI is InChI=1S/C22H33NO/c1-7-8-19(4)23(16-20-10-9-17(2)15-18(20)3)21-11-13-22(5,24-6)14-12-21/h9-13,15,19H,7-8,14,16H2,1-6H3. The Morgan fingerprint density at radius 1 is 1.29 bits per heavy atom. The van der Waals surface area contributed by atoms with E-state index < -0.39 is 0 Å². The first-order chi connectivity index (χ1) is 11.4. The van der Waals surface area contributed by atoms with Gasteiger partial charge in [0.05, 0.1) is 5.60 Å². The first kappa shape index (κ1) is 18.8. The van der Waals surface area contributed by atoms with E-state index in [0.29, 0.717) is 6.04 Å². The van der Waals surface area contributed by atoms with Crippen molar-refractivity contribution < 1.29 is 4.74 Å². The van der Waals surface area contributed by atoms with Gasteiger partial charge in [0.25, 0.3) is 0 Å². The van der Waals surface area contributed by atoms with Crippen molar-refractivity contribution in [2.24, 2.45) is 0 Å². The zero-order valence-electron chi connectivity index (χ0n) is 16.2. The number of methoxy groups -OCH3 is 1. The Kier molecular flexibility index (Phi) is 6.28. The van der Waals surface area contributed by atoms with Crippen molar-refractivity contribution in [1.82, 2.24) is 4.90 Å². The van der Waals surface area contributed by atoms with Gasteiger partial charge < -0.3 is 9.64 Å². The molecule has 1 aromatic carbocycles. The van der Waals surface area contributed by atoms with E-state index in [2.05, 4.69) is 75.9 Å². The van der Waals surface area contributed by atoms with Crippen LogP contribution in [0, 0.1) is 13.8 Å². The van der Waals surface area contributed by atoms with Gasteiger partial charge in [-0.1, -0.05) is 49.3 Å². The third-order valence-corrected chi connectivity index (χ3v) is 5.20. The number of nitrogens with zero attached hydrogens (tertiary/aromatic N) is 1. The molecule has 0 spiro atoms. The smallest absolute Gasteiger partial charge is 0.0869 e. The molecule has 2 rings (SSSR count). The van der Waals surface area contributed by atoms with Crippen molar-refractivity contribution in [3.63, 3.8) is 0 Å². The lowest BCUT2D eigenvalue weighted by molar-refractivity contribution is 0.0490. The van der Waals surface area contributed by atoms with Crippen LogP contribution in [-0.2, 0) is 11.3 Å². The van der Waals surface area contributed by atoms with E-state index in [4.69, 9.17) is 4.74 Å². The quantitative estimate of drug-likeness (QED) is 0.651. The predicted molar refractivity (Wildman–Crippen MR) is 103 cm³/mol. The van der Waals surface area contributed by atoms with Gasteiger partial charge in [-0.15, -0.1) is 0 Å². The summed E-state index contributed by atoms with van der Waals surface area (Å²) in [5.74, 6) is 0. The molecule has 0 amide bonds. The molecule has 0 aliphatic heterocycles. The van der Waals surface area contributed by atoms with Crippen LogP contribution in [0.15, 0.2) is 42.1 Å². The van der Waals surface area contributed by atoms with Gasteiger partial charge >= 0.3 is 0 Å². The van der Waals surface area contributed by atoms with E-state index in [1.807, 2.05) is 0 Å². The fourth-order valence-electron chi connectivity index (χ4n) is 3.35. The maximum absolute atomic E-state index is 5.62. The summed E-state index contributed by atoms with van der Waals surface area (Å²) in [5, 5.41) is 0. The molecule has 132 valence electrons. The van der Waals surface area contributed by atoms with E-state index >= 15 is 0 Å². The van der Waals surface area contributed by atoms with Crippen LogP contribution in [0.3, 0.4) is 0 Å². The molecule has 1 aliphatic rings. The molecular weight excluding hydrogens is 294 g/mol. The molecular formula is C22H33NO. The lowest BCUT2D eigenvalue weighted by atomic mass is 9.94. The van der Waals surface area contributed by atoms with E-state index in [9.17, 15) is 0 Å². The lowest BCUT2D eigenvalue weighted by Gasteiger charge is -2.36. The zero-order valence-corrected chi connectivity index (χ0v) is 16.2. The van der Waals surface area contributed by atoms with Crippen LogP contribution in [0.5, 0.6) is 0 Å². The van der Waals surface area contributed by atoms with E-state index in [1.165, 1.54) is 35.2 Å². The highest BCUT2D eigenvalue weighted by Gasteiger charge is 2.25. The van der Waals surface area contributed by atoms with Crippen molar-refractivity contribution in [3.8, 4) is 0 Å². The number of rotatable bonds is 7. The Hall–Kier alpha value is -1.54. The summed E-state index contributed by atoms with van der Waals surface area (Å²) in [4.78, 5) is 2.55. The van der Waals surface area contributed by atoms with Crippen molar-refractivity contribution in [1.29, 1.82) is 0 Å². The Labute approximate surface area is 148 Å². The van der Waals surface area contributed by atoms with Gasteiger partial charge in [-0.3, -0.25) is 0 Å². The molecule has 1 aromatic rings. The molecule has 0 saturated heterocycles. The molecule has 2 heteroatoms. The summed E-state index contributed by atoms with van der Waals surface area (Å²) in [7, 11) is 1.79. The van der Waals surface area contributed by atoms with Gasteiger partial charge in [0.15, 0.2) is 0 Å². The van der Waals surface area contributed by atoms with Crippen molar-refractivity contribution >= 4 is 0 Å². The summed E-state index contributed by atoms with van der Waals surface area (Å²) < 4.78 is 5.62. The highest BCUT2D eigenvalue weighted by molar-refractivity contribution is 5.33. The summed E-state index contributed by atoms with van der Waals surface area (Å²) >= 11 is 0. The van der Waals surface area contributed by atoms with Gasteiger partial charge in [-0.05, 0) is 51.3 Å². The first-order valence-corrected chi connectivity index (χ1v) is 9.16. The van der Waals surface area contributed by atoms with Crippen molar-refractivity contribution in [2.45, 2.75) is 72.1 Å². The molecule has 1 aliphatic carbocycles. The third-order valence-electron chi connectivity index (χ3n) is 5.20. The summed E-state index contributed by atoms with van der Waals surface area (Å²) in [6.07, 6.45) is 10.1. The van der Waals surface area contributed by atoms with Crippen molar-refractivity contribution in [2.75, 3.05) is 7.11 Å². The molecule has 0 saturated carbocycles. The minimum atomic E-state index is -0.164. The van der Waals surface area contributed by atoms with Crippen LogP contribution in [0.4, 0.5) is 0 Å². The fourth-order valence-corrected chi connectivity index (χ4v) is 3.35. The average Bonchev–Trinajstić information content (AvgIpc) is 2.55. The second-order valence-corrected chi connectivity index (χ2v) is 7.38. The third kappa shape index (κ3) is 4.51. The number of hydrogen-bond donors (Lipinski definition) is 0. The number of benzene rings is 1. The van der Waals surface area contributed by atoms with Gasteiger partial charge in [0.2, 0.25) is 0 Å². The Morgan fingerprint density at radius 2 is 2.04 bits per heavy atom. The highest BCUT2D eigenvalue weighted by Crippen LogP contribution is 2.28. The zero-order chi connectivity index (χ0) is 17.7. The topological polar surface area (TPSA) is 12.5 Å². The summed E-state index contributed by atoms with van der Waals surface area (Å²) in [5.41, 5.74) is 5.29. The minimum Gasteiger partial charge on any atom is -0.374 e. The van der Waals surface area contributed by atoms with Gasteiger partial charge in [-0.2, -0.15) is 0 Å². The van der Waals surface area contributed by atoms with Gasteiger partial charge in [-0.25, -0.2) is 0 Å². The maximum atomic E-state index is 5.62. The molecule has 2 nitrogen and oxygen atoms in total. The monoisotopic (exact) mass is 327 g/mol. The van der Waals surface area contributed by atoms with Gasteiger partial charge in [0, 0.05) is 31.8 Å². The normalized spacial score (nSPS) is 21.5. The van der Waals surface area contributed by atoms with Crippen LogP contribution in [0.1, 0.15) is 56.7 Å². The SMILES string of the molecule is CCCC(C)N(Cc1ccc(C)cc1C)C1=CCC(C)(OC)C=C1. The summed E-state index contributed by atoms with van der Waals surface area (Å²) in [6, 6.07) is 7.31. The molecule has 2 unspecified atom stereocenters. The number of hydrogen-bond acceptors (Lipinski definition) is 2. The molecule has 0 aromatic heterocycles. The fraction of sp³-hybridized carbons (Fsp3) is 0.545. The Bertz CT molecular complexity index is 616. The molecule has 2 atom stereocenters. The number of ether oxygens (including phenoxy) is 1. The summed E-state index contributed by atoms with van der Waals surface area (Å²) in [6.45, 7) is 12.1. The lowest BCUT2D eigenvalue weighted by Crippen LogP contribution is -2.34.